The summed E-state index contributed by atoms with van der Waals surface area (Å²) in [7, 11) is 0. The summed E-state index contributed by atoms with van der Waals surface area (Å²) in [6.07, 6.45) is 0.691. The van der Waals surface area contributed by atoms with Crippen molar-refractivity contribution in [2.75, 3.05) is 6.54 Å². The van der Waals surface area contributed by atoms with Gasteiger partial charge in [-0.15, -0.1) is 0 Å². The van der Waals surface area contributed by atoms with Crippen LogP contribution in [0.5, 0.6) is 0 Å². The lowest BCUT2D eigenvalue weighted by molar-refractivity contribution is -0.146. The Labute approximate surface area is 136 Å². The summed E-state index contributed by atoms with van der Waals surface area (Å²) in [6.45, 7) is 4.77. The number of hydrogen-bond donors (Lipinski definition) is 2. The summed E-state index contributed by atoms with van der Waals surface area (Å²) < 4.78 is 0. The molecule has 2 N–H and O–H groups in total. The molecule has 0 radical (unpaired) electrons. The summed E-state index contributed by atoms with van der Waals surface area (Å²) >= 11 is 0. The van der Waals surface area contributed by atoms with Gasteiger partial charge in [-0.3, -0.25) is 14.4 Å². The van der Waals surface area contributed by atoms with Gasteiger partial charge in [0.1, 0.15) is 6.54 Å². The van der Waals surface area contributed by atoms with Gasteiger partial charge in [-0.2, -0.15) is 0 Å². The number of nitrogens with zero attached hydrogens (tertiary/aromatic N) is 1. The summed E-state index contributed by atoms with van der Waals surface area (Å²) in [5.74, 6) is -1.57. The highest BCUT2D eigenvalue weighted by Gasteiger charge is 2.25. The molecule has 2 atom stereocenters. The van der Waals surface area contributed by atoms with Crippen molar-refractivity contribution in [3.63, 3.8) is 0 Å². The monoisotopic (exact) mass is 320 g/mol. The van der Waals surface area contributed by atoms with Gasteiger partial charge in [0.15, 0.2) is 0 Å². The fourth-order valence-corrected chi connectivity index (χ4v) is 2.33. The van der Waals surface area contributed by atoms with E-state index in [4.69, 9.17) is 5.11 Å². The average Bonchev–Trinajstić information content (AvgIpc) is 2.51. The molecule has 1 aromatic carbocycles. The highest BCUT2D eigenvalue weighted by Crippen LogP contribution is 2.19. The number of carbonyl (C=O) groups is 3. The van der Waals surface area contributed by atoms with Gasteiger partial charge < -0.3 is 15.3 Å². The Morgan fingerprint density at radius 2 is 1.83 bits per heavy atom. The zero-order valence-electron chi connectivity index (χ0n) is 13.8. The Bertz CT molecular complexity index is 545. The number of nitrogens with one attached hydrogen (secondary N) is 1. The number of aliphatic carboxylic acids is 1. The van der Waals surface area contributed by atoms with E-state index in [0.29, 0.717) is 6.42 Å². The molecule has 23 heavy (non-hydrogen) atoms. The first-order valence-electron chi connectivity index (χ1n) is 7.68. The second-order valence-corrected chi connectivity index (χ2v) is 5.54. The highest BCUT2D eigenvalue weighted by molar-refractivity contribution is 5.83. The largest absolute Gasteiger partial charge is 0.480 e. The third-order valence-corrected chi connectivity index (χ3v) is 3.71. The van der Waals surface area contributed by atoms with E-state index in [0.717, 1.165) is 5.56 Å². The van der Waals surface area contributed by atoms with E-state index in [2.05, 4.69) is 5.32 Å². The predicted octanol–water partition coefficient (Wildman–Crippen LogP) is 1.97. The Kier molecular flexibility index (Phi) is 7.25. The van der Waals surface area contributed by atoms with E-state index in [-0.39, 0.29) is 30.8 Å². The maximum atomic E-state index is 12.6. The number of carboxylic acids is 1. The van der Waals surface area contributed by atoms with Crippen LogP contribution in [0.1, 0.15) is 45.2 Å². The minimum atomic E-state index is -1.05. The third kappa shape index (κ3) is 6.10. The summed E-state index contributed by atoms with van der Waals surface area (Å²) in [6, 6.07) is 8.54. The lowest BCUT2D eigenvalue weighted by atomic mass is 10.0. The van der Waals surface area contributed by atoms with Crippen LogP contribution in [0.25, 0.3) is 0 Å². The molecule has 0 bridgehead atoms. The Hall–Kier alpha value is -2.37. The number of rotatable bonds is 8. The van der Waals surface area contributed by atoms with Crippen molar-refractivity contribution in [3.05, 3.63) is 35.9 Å². The van der Waals surface area contributed by atoms with Gasteiger partial charge in [0.25, 0.3) is 0 Å². The predicted molar refractivity (Wildman–Crippen MR) is 86.7 cm³/mol. The van der Waals surface area contributed by atoms with Gasteiger partial charge in [0.2, 0.25) is 11.8 Å². The Morgan fingerprint density at radius 1 is 1.22 bits per heavy atom. The molecule has 0 aliphatic carbocycles. The molecule has 0 spiro atoms. The van der Waals surface area contributed by atoms with Crippen LogP contribution < -0.4 is 5.32 Å². The number of amides is 2. The lowest BCUT2D eigenvalue weighted by Gasteiger charge is -2.29. The summed E-state index contributed by atoms with van der Waals surface area (Å²) in [5.41, 5.74) is 0.815. The maximum Gasteiger partial charge on any atom is 0.323 e. The molecule has 1 rings (SSSR count). The van der Waals surface area contributed by atoms with Crippen molar-refractivity contribution >= 4 is 17.8 Å². The molecule has 1 aromatic rings. The molecule has 0 heterocycles. The molecule has 0 saturated carbocycles. The van der Waals surface area contributed by atoms with Crippen LogP contribution in [0.3, 0.4) is 0 Å². The van der Waals surface area contributed by atoms with Gasteiger partial charge in [-0.25, -0.2) is 0 Å². The van der Waals surface area contributed by atoms with Crippen molar-refractivity contribution in [2.45, 2.75) is 45.7 Å². The fourth-order valence-electron chi connectivity index (χ4n) is 2.33. The smallest absolute Gasteiger partial charge is 0.323 e. The van der Waals surface area contributed by atoms with Crippen LogP contribution >= 0.6 is 0 Å². The molecule has 0 aromatic heterocycles. The molecule has 0 saturated heterocycles. The Morgan fingerprint density at radius 3 is 2.30 bits per heavy atom. The number of hydrogen-bond acceptors (Lipinski definition) is 3. The molecule has 0 aliphatic rings. The van der Waals surface area contributed by atoms with Crippen molar-refractivity contribution in [2.24, 2.45) is 0 Å². The zero-order chi connectivity index (χ0) is 17.4. The molecule has 0 aliphatic heterocycles. The van der Waals surface area contributed by atoms with Gasteiger partial charge in [0.05, 0.1) is 12.5 Å². The number of carboxylic acid groups (broad SMARTS) is 1. The lowest BCUT2D eigenvalue weighted by Crippen LogP contribution is -2.43. The Balaban J connectivity index is 2.93. The topological polar surface area (TPSA) is 86.7 Å². The van der Waals surface area contributed by atoms with Crippen molar-refractivity contribution in [3.8, 4) is 0 Å². The minimum absolute atomic E-state index is 0.0290. The van der Waals surface area contributed by atoms with E-state index in [1.165, 1.54) is 11.8 Å². The van der Waals surface area contributed by atoms with Crippen LogP contribution in [0.4, 0.5) is 0 Å². The van der Waals surface area contributed by atoms with Gasteiger partial charge in [0, 0.05) is 13.0 Å². The molecular formula is C17H24N2O4. The SMILES string of the molecule is CCC(C)N(CC(=O)O)C(=O)CC(NC(C)=O)c1ccccc1. The molecule has 6 heteroatoms. The summed E-state index contributed by atoms with van der Waals surface area (Å²) in [5, 5.41) is 11.8. The molecule has 126 valence electrons. The number of benzene rings is 1. The quantitative estimate of drug-likeness (QED) is 0.766. The van der Waals surface area contributed by atoms with Crippen LogP contribution in [0, 0.1) is 0 Å². The first kappa shape index (κ1) is 18.7. The molecule has 0 fully saturated rings. The van der Waals surface area contributed by atoms with E-state index in [1.54, 1.807) is 0 Å². The normalized spacial score (nSPS) is 13.0. The van der Waals surface area contributed by atoms with Crippen LogP contribution in [0.15, 0.2) is 30.3 Å². The second kappa shape index (κ2) is 8.92. The fraction of sp³-hybridized carbons (Fsp3) is 0.471. The van der Waals surface area contributed by atoms with E-state index in [1.807, 2.05) is 44.2 Å². The van der Waals surface area contributed by atoms with E-state index in [9.17, 15) is 14.4 Å². The van der Waals surface area contributed by atoms with E-state index >= 15 is 0 Å². The first-order chi connectivity index (χ1) is 10.8. The maximum absolute atomic E-state index is 12.6. The third-order valence-electron chi connectivity index (χ3n) is 3.71. The average molecular weight is 320 g/mol. The van der Waals surface area contributed by atoms with Crippen LogP contribution in [0.2, 0.25) is 0 Å². The van der Waals surface area contributed by atoms with Crippen molar-refractivity contribution in [1.29, 1.82) is 0 Å². The first-order valence-corrected chi connectivity index (χ1v) is 7.68. The van der Waals surface area contributed by atoms with Crippen LogP contribution in [-0.2, 0) is 14.4 Å². The van der Waals surface area contributed by atoms with Crippen LogP contribution in [-0.4, -0.2) is 40.4 Å². The minimum Gasteiger partial charge on any atom is -0.480 e. The summed E-state index contributed by atoms with van der Waals surface area (Å²) in [4.78, 5) is 36.3. The molecular weight excluding hydrogens is 296 g/mol. The van der Waals surface area contributed by atoms with Crippen molar-refractivity contribution < 1.29 is 19.5 Å². The van der Waals surface area contributed by atoms with E-state index < -0.39 is 12.0 Å². The molecule has 2 amide bonds. The molecule has 6 nitrogen and oxygen atoms in total. The highest BCUT2D eigenvalue weighted by atomic mass is 16.4. The standard InChI is InChI=1S/C17H24N2O4/c1-4-12(2)19(11-17(22)23)16(21)10-15(18-13(3)20)14-8-6-5-7-9-14/h5-9,12,15H,4,10-11H2,1-3H3,(H,18,20)(H,22,23). The molecule has 2 unspecified atom stereocenters. The number of carbonyl (C=O) groups excluding carboxylic acids is 2. The van der Waals surface area contributed by atoms with Gasteiger partial charge >= 0.3 is 5.97 Å². The zero-order valence-corrected chi connectivity index (χ0v) is 13.8. The van der Waals surface area contributed by atoms with Gasteiger partial charge in [-0.05, 0) is 18.9 Å². The van der Waals surface area contributed by atoms with Gasteiger partial charge in [-0.1, -0.05) is 37.3 Å². The van der Waals surface area contributed by atoms with Crippen molar-refractivity contribution in [1.82, 2.24) is 10.2 Å². The second-order valence-electron chi connectivity index (χ2n) is 5.54.